The molecule has 0 aromatic carbocycles. The van der Waals surface area contributed by atoms with Gasteiger partial charge in [-0.1, -0.05) is 0 Å². The van der Waals surface area contributed by atoms with E-state index < -0.39 is 12.2 Å². The van der Waals surface area contributed by atoms with Gasteiger partial charge in [0.2, 0.25) is 5.91 Å². The fourth-order valence-electron chi connectivity index (χ4n) is 0.587. The lowest BCUT2D eigenvalue weighted by molar-refractivity contribution is -0.170. The van der Waals surface area contributed by atoms with Crippen LogP contribution >= 0.6 is 12.4 Å². The molecule has 0 aromatic heterocycles. The molecule has 2 nitrogen and oxygen atoms in total. The topological polar surface area (TPSA) is 29.1 Å². The van der Waals surface area contributed by atoms with Crippen LogP contribution in [0.3, 0.4) is 0 Å². The van der Waals surface area contributed by atoms with E-state index in [0.717, 1.165) is 5.32 Å². The highest BCUT2D eigenvalue weighted by molar-refractivity contribution is 5.85. The van der Waals surface area contributed by atoms with E-state index in [1.54, 1.807) is 0 Å². The number of hydrogen-bond donors (Lipinski definition) is 1. The number of nitrogens with one attached hydrogen (secondary N) is 1. The zero-order valence-corrected chi connectivity index (χ0v) is 6.26. The van der Waals surface area contributed by atoms with Crippen molar-refractivity contribution in [2.24, 2.45) is 5.92 Å². The van der Waals surface area contributed by atoms with Crippen LogP contribution in [-0.2, 0) is 4.79 Å². The molecular formula is C5H7ClF3NO. The molecule has 1 rings (SSSR count). The second kappa shape index (κ2) is 3.30. The Balaban J connectivity index is 0.000001000. The highest BCUT2D eigenvalue weighted by Crippen LogP contribution is 2.29. The summed E-state index contributed by atoms with van der Waals surface area (Å²) in [4.78, 5) is 10.4. The van der Waals surface area contributed by atoms with Gasteiger partial charge in [0.05, 0.1) is 0 Å². The van der Waals surface area contributed by atoms with E-state index >= 15 is 0 Å². The number of halogens is 4. The molecule has 0 aliphatic heterocycles. The molecule has 0 aromatic rings. The van der Waals surface area contributed by atoms with Crippen LogP contribution in [0.5, 0.6) is 0 Å². The third kappa shape index (κ3) is 4.08. The van der Waals surface area contributed by atoms with Crippen molar-refractivity contribution in [3.8, 4) is 0 Å². The molecule has 0 saturated heterocycles. The van der Waals surface area contributed by atoms with E-state index in [1.807, 2.05) is 0 Å². The van der Waals surface area contributed by atoms with Crippen LogP contribution in [0.15, 0.2) is 0 Å². The predicted molar refractivity (Wildman–Crippen MR) is 34.2 cm³/mol. The van der Waals surface area contributed by atoms with Crippen molar-refractivity contribution < 1.29 is 18.0 Å². The summed E-state index contributed by atoms with van der Waals surface area (Å²) in [5, 5.41) is 0.942. The van der Waals surface area contributed by atoms with Crippen LogP contribution in [0.25, 0.3) is 0 Å². The van der Waals surface area contributed by atoms with Gasteiger partial charge in [-0.15, -0.1) is 12.4 Å². The number of rotatable bonds is 1. The Kier molecular flexibility index (Phi) is 3.16. The standard InChI is InChI=1S/C5H6F3NO.ClH/c6-5(7,8)9-4(10)3-1-2-3;/h3H,1-2H2,(H,9,10);1H. The second-order valence-corrected chi connectivity index (χ2v) is 2.26. The first-order valence-electron chi connectivity index (χ1n) is 2.88. The molecule has 1 fully saturated rings. The van der Waals surface area contributed by atoms with E-state index in [1.165, 1.54) is 0 Å². The molecule has 0 atom stereocenters. The van der Waals surface area contributed by atoms with Crippen molar-refractivity contribution in [1.82, 2.24) is 5.32 Å². The van der Waals surface area contributed by atoms with Gasteiger partial charge in [-0.05, 0) is 12.8 Å². The summed E-state index contributed by atoms with van der Waals surface area (Å²) in [5.41, 5.74) is 0. The lowest BCUT2D eigenvalue weighted by Gasteiger charge is -2.06. The highest BCUT2D eigenvalue weighted by Gasteiger charge is 2.37. The average molecular weight is 190 g/mol. The number of carbonyl (C=O) groups excluding carboxylic acids is 1. The zero-order chi connectivity index (χ0) is 7.78. The molecule has 1 aliphatic rings. The normalized spacial score (nSPS) is 17.0. The SMILES string of the molecule is Cl.O=C(NC(F)(F)F)C1CC1. The lowest BCUT2D eigenvalue weighted by atomic mass is 10.4. The highest BCUT2D eigenvalue weighted by atomic mass is 35.5. The van der Waals surface area contributed by atoms with Crippen molar-refractivity contribution in [3.05, 3.63) is 0 Å². The first-order chi connectivity index (χ1) is 4.49. The summed E-state index contributed by atoms with van der Waals surface area (Å²) in [7, 11) is 0. The Labute approximate surface area is 67.6 Å². The van der Waals surface area contributed by atoms with E-state index in [-0.39, 0.29) is 18.3 Å². The van der Waals surface area contributed by atoms with E-state index in [2.05, 4.69) is 0 Å². The van der Waals surface area contributed by atoms with Gasteiger partial charge >= 0.3 is 6.30 Å². The van der Waals surface area contributed by atoms with Crippen molar-refractivity contribution >= 4 is 18.3 Å². The number of carbonyl (C=O) groups is 1. The Bertz CT molecular complexity index is 154. The van der Waals surface area contributed by atoms with Crippen molar-refractivity contribution in [2.75, 3.05) is 0 Å². The van der Waals surface area contributed by atoms with Gasteiger partial charge < -0.3 is 0 Å². The monoisotopic (exact) mass is 189 g/mol. The van der Waals surface area contributed by atoms with Crippen molar-refractivity contribution in [2.45, 2.75) is 19.1 Å². The molecule has 6 heteroatoms. The number of amides is 1. The molecule has 1 N–H and O–H groups in total. The molecule has 66 valence electrons. The van der Waals surface area contributed by atoms with Crippen LogP contribution in [0.1, 0.15) is 12.8 Å². The average Bonchev–Trinajstić information content (AvgIpc) is 2.35. The van der Waals surface area contributed by atoms with Gasteiger partial charge in [0.1, 0.15) is 0 Å². The van der Waals surface area contributed by atoms with Crippen LogP contribution < -0.4 is 5.32 Å². The summed E-state index contributed by atoms with van der Waals surface area (Å²) in [6.07, 6.45) is -3.39. The first-order valence-corrected chi connectivity index (χ1v) is 2.88. The maximum atomic E-state index is 11.4. The third-order valence-electron chi connectivity index (χ3n) is 1.21. The van der Waals surface area contributed by atoms with Gasteiger partial charge in [-0.25, -0.2) is 0 Å². The molecule has 0 spiro atoms. The summed E-state index contributed by atoms with van der Waals surface area (Å²) >= 11 is 0. The number of hydrogen-bond acceptors (Lipinski definition) is 1. The van der Waals surface area contributed by atoms with Gasteiger partial charge in [-0.3, -0.25) is 10.1 Å². The summed E-state index contributed by atoms with van der Waals surface area (Å²) in [6, 6.07) is 0. The molecular weight excluding hydrogens is 183 g/mol. The minimum absolute atomic E-state index is 0. The predicted octanol–water partition coefficient (Wildman–Crippen LogP) is 1.45. The quantitative estimate of drug-likeness (QED) is 0.622. The van der Waals surface area contributed by atoms with Crippen molar-refractivity contribution in [3.63, 3.8) is 0 Å². The molecule has 0 unspecified atom stereocenters. The summed E-state index contributed by atoms with van der Waals surface area (Å²) < 4.78 is 34.1. The lowest BCUT2D eigenvalue weighted by Crippen LogP contribution is -2.38. The summed E-state index contributed by atoms with van der Waals surface area (Å²) in [5.74, 6) is -1.28. The molecule has 0 bridgehead atoms. The Morgan fingerprint density at radius 3 is 2.09 bits per heavy atom. The Morgan fingerprint density at radius 1 is 1.36 bits per heavy atom. The van der Waals surface area contributed by atoms with Gasteiger partial charge in [0.15, 0.2) is 0 Å². The van der Waals surface area contributed by atoms with Crippen molar-refractivity contribution in [1.29, 1.82) is 0 Å². The molecule has 1 aliphatic carbocycles. The Hall–Kier alpha value is -0.450. The number of alkyl halides is 3. The van der Waals surface area contributed by atoms with E-state index in [4.69, 9.17) is 0 Å². The van der Waals surface area contributed by atoms with Gasteiger partial charge in [-0.2, -0.15) is 13.2 Å². The van der Waals surface area contributed by atoms with Crippen LogP contribution in [0.2, 0.25) is 0 Å². The molecule has 0 heterocycles. The fourth-order valence-corrected chi connectivity index (χ4v) is 0.587. The maximum absolute atomic E-state index is 11.4. The minimum atomic E-state index is -4.56. The van der Waals surface area contributed by atoms with Gasteiger partial charge in [0, 0.05) is 5.92 Å². The smallest absolute Gasteiger partial charge is 0.275 e. The Morgan fingerprint density at radius 2 is 1.82 bits per heavy atom. The zero-order valence-electron chi connectivity index (χ0n) is 5.44. The van der Waals surface area contributed by atoms with E-state index in [0.29, 0.717) is 12.8 Å². The second-order valence-electron chi connectivity index (χ2n) is 2.26. The van der Waals surface area contributed by atoms with Crippen LogP contribution in [-0.4, -0.2) is 12.2 Å². The largest absolute Gasteiger partial charge is 0.484 e. The molecule has 0 radical (unpaired) electrons. The fraction of sp³-hybridized carbons (Fsp3) is 0.800. The van der Waals surface area contributed by atoms with Crippen LogP contribution in [0, 0.1) is 5.92 Å². The van der Waals surface area contributed by atoms with E-state index in [9.17, 15) is 18.0 Å². The van der Waals surface area contributed by atoms with Gasteiger partial charge in [0.25, 0.3) is 0 Å². The van der Waals surface area contributed by atoms with Crippen LogP contribution in [0.4, 0.5) is 13.2 Å². The summed E-state index contributed by atoms with van der Waals surface area (Å²) in [6.45, 7) is 0. The molecule has 1 saturated carbocycles. The first kappa shape index (κ1) is 10.6. The third-order valence-corrected chi connectivity index (χ3v) is 1.21. The molecule has 1 amide bonds. The minimum Gasteiger partial charge on any atom is -0.275 e. The maximum Gasteiger partial charge on any atom is 0.484 e. The molecule has 11 heavy (non-hydrogen) atoms.